The fourth-order valence-corrected chi connectivity index (χ4v) is 5.37. The van der Waals surface area contributed by atoms with Gasteiger partial charge in [-0.15, -0.1) is 0 Å². The van der Waals surface area contributed by atoms with Crippen molar-refractivity contribution in [3.63, 3.8) is 0 Å². The zero-order chi connectivity index (χ0) is 28.0. The Morgan fingerprint density at radius 1 is 0.950 bits per heavy atom. The van der Waals surface area contributed by atoms with Crippen LogP contribution in [0, 0.1) is 0 Å². The molecule has 1 aliphatic rings. The Morgan fingerprint density at radius 3 is 2.10 bits per heavy atom. The number of nitrogens with one attached hydrogen (secondary N) is 1. The smallest absolute Gasteiger partial charge is 0.349 e. The second kappa shape index (κ2) is 12.0. The van der Waals surface area contributed by atoms with Crippen LogP contribution < -0.4 is 15.7 Å². The van der Waals surface area contributed by atoms with E-state index in [1.54, 1.807) is 24.8 Å². The minimum atomic E-state index is -0.831. The molecule has 3 aromatic carbocycles. The second-order valence-corrected chi connectivity index (χ2v) is 9.72. The molecule has 40 heavy (non-hydrogen) atoms. The summed E-state index contributed by atoms with van der Waals surface area (Å²) in [5, 5.41) is 3.65. The van der Waals surface area contributed by atoms with Gasteiger partial charge in [0.1, 0.15) is 17.1 Å². The van der Waals surface area contributed by atoms with Crippen molar-refractivity contribution >= 4 is 11.8 Å². The number of hydrogen-bond donors (Lipinski definition) is 1. The molecular weight excluding hydrogens is 502 g/mol. The molecule has 7 heteroatoms. The molecule has 0 radical (unpaired) electrons. The molecule has 1 heterocycles. The lowest BCUT2D eigenvalue weighted by Gasteiger charge is -2.37. The van der Waals surface area contributed by atoms with Crippen molar-refractivity contribution in [2.45, 2.75) is 37.8 Å². The summed E-state index contributed by atoms with van der Waals surface area (Å²) in [6, 6.07) is 30.0. The minimum absolute atomic E-state index is 0.0678. The molecule has 5 rings (SSSR count). The standard InChI is InChI=1S/C33H33N3O4/c1-3-40-31(37)24-14-18-28(19-15-24)36-23-22-30(34-32(36)38)35-33(25-10-6-4-7-11-25,26-12-8-5-9-13-26)27-16-20-29(39-2)21-17-27/h4-14,16-17,20-23,28H,3,15,18-19H2,1-2H3,(H,34,35,38)/t28-/m1/s1. The molecule has 204 valence electrons. The highest BCUT2D eigenvalue weighted by molar-refractivity contribution is 5.88. The number of ether oxygens (including phenoxy) is 2. The Hall–Kier alpha value is -4.65. The van der Waals surface area contributed by atoms with E-state index in [0.29, 0.717) is 37.3 Å². The van der Waals surface area contributed by atoms with Gasteiger partial charge in [-0.1, -0.05) is 78.9 Å². The topological polar surface area (TPSA) is 82.4 Å². The molecule has 1 aliphatic carbocycles. The summed E-state index contributed by atoms with van der Waals surface area (Å²) < 4.78 is 12.2. The molecule has 1 atom stereocenters. The molecule has 1 N–H and O–H groups in total. The van der Waals surface area contributed by atoms with E-state index >= 15 is 0 Å². The summed E-state index contributed by atoms with van der Waals surface area (Å²) in [4.78, 5) is 29.9. The van der Waals surface area contributed by atoms with Crippen LogP contribution in [0.2, 0.25) is 0 Å². The Balaban J connectivity index is 1.54. The number of anilines is 1. The van der Waals surface area contributed by atoms with Crippen LogP contribution in [0.5, 0.6) is 5.75 Å². The maximum atomic E-state index is 13.3. The van der Waals surface area contributed by atoms with Crippen molar-refractivity contribution in [1.29, 1.82) is 0 Å². The van der Waals surface area contributed by atoms with Gasteiger partial charge < -0.3 is 14.8 Å². The number of esters is 1. The zero-order valence-corrected chi connectivity index (χ0v) is 22.7. The Bertz CT molecular complexity index is 1490. The molecule has 0 unspecified atom stereocenters. The van der Waals surface area contributed by atoms with Gasteiger partial charge in [0.05, 0.1) is 13.7 Å². The largest absolute Gasteiger partial charge is 0.497 e. The van der Waals surface area contributed by atoms with E-state index in [2.05, 4.69) is 34.6 Å². The number of methoxy groups -OCH3 is 1. The van der Waals surface area contributed by atoms with Crippen molar-refractivity contribution in [2.75, 3.05) is 19.0 Å². The van der Waals surface area contributed by atoms with Crippen LogP contribution in [0.4, 0.5) is 5.82 Å². The first-order valence-corrected chi connectivity index (χ1v) is 13.5. The van der Waals surface area contributed by atoms with Gasteiger partial charge in [0.2, 0.25) is 0 Å². The highest BCUT2D eigenvalue weighted by Gasteiger charge is 2.37. The number of rotatable bonds is 9. The van der Waals surface area contributed by atoms with E-state index in [1.165, 1.54) is 0 Å². The lowest BCUT2D eigenvalue weighted by Crippen LogP contribution is -2.39. The summed E-state index contributed by atoms with van der Waals surface area (Å²) in [5.41, 5.74) is 2.48. The fraction of sp³-hybridized carbons (Fsp3) is 0.242. The van der Waals surface area contributed by atoms with Crippen LogP contribution in [-0.4, -0.2) is 29.2 Å². The SMILES string of the molecule is CCOC(=O)C1=CC[C@@H](n2ccc(NC(c3ccccc3)(c3ccccc3)c3ccc(OC)cc3)nc2=O)CC1. The maximum absolute atomic E-state index is 13.3. The van der Waals surface area contributed by atoms with E-state index < -0.39 is 5.54 Å². The van der Waals surface area contributed by atoms with Crippen LogP contribution >= 0.6 is 0 Å². The molecule has 0 saturated carbocycles. The number of allylic oxidation sites excluding steroid dienone is 1. The van der Waals surface area contributed by atoms with E-state index in [9.17, 15) is 9.59 Å². The molecule has 7 nitrogen and oxygen atoms in total. The quantitative estimate of drug-likeness (QED) is 0.213. The minimum Gasteiger partial charge on any atom is -0.497 e. The molecule has 0 spiro atoms. The van der Waals surface area contributed by atoms with Crippen molar-refractivity contribution in [1.82, 2.24) is 9.55 Å². The molecule has 1 aromatic heterocycles. The predicted molar refractivity (Wildman–Crippen MR) is 155 cm³/mol. The molecule has 0 saturated heterocycles. The van der Waals surface area contributed by atoms with Gasteiger partial charge in [-0.05, 0) is 61.1 Å². The van der Waals surface area contributed by atoms with E-state index in [-0.39, 0.29) is 17.7 Å². The first kappa shape index (κ1) is 26.9. The average Bonchev–Trinajstić information content (AvgIpc) is 3.01. The van der Waals surface area contributed by atoms with Crippen LogP contribution in [-0.2, 0) is 15.1 Å². The summed E-state index contributed by atoms with van der Waals surface area (Å²) >= 11 is 0. The number of hydrogen-bond acceptors (Lipinski definition) is 6. The van der Waals surface area contributed by atoms with Gasteiger partial charge in [0.15, 0.2) is 0 Å². The number of aromatic nitrogens is 2. The van der Waals surface area contributed by atoms with Crippen LogP contribution in [0.1, 0.15) is 48.9 Å². The highest BCUT2D eigenvalue weighted by atomic mass is 16.5. The lowest BCUT2D eigenvalue weighted by atomic mass is 9.77. The zero-order valence-electron chi connectivity index (χ0n) is 22.7. The number of nitrogens with zero attached hydrogens (tertiary/aromatic N) is 2. The maximum Gasteiger partial charge on any atom is 0.349 e. The first-order valence-electron chi connectivity index (χ1n) is 13.5. The summed E-state index contributed by atoms with van der Waals surface area (Å²) in [6.07, 6.45) is 5.48. The van der Waals surface area contributed by atoms with Gasteiger partial charge in [-0.25, -0.2) is 9.59 Å². The van der Waals surface area contributed by atoms with E-state index in [4.69, 9.17) is 9.47 Å². The fourth-order valence-electron chi connectivity index (χ4n) is 5.37. The van der Waals surface area contributed by atoms with Gasteiger partial charge in [0, 0.05) is 17.8 Å². The van der Waals surface area contributed by atoms with Crippen molar-refractivity contribution in [2.24, 2.45) is 0 Å². The molecule has 0 amide bonds. The second-order valence-electron chi connectivity index (χ2n) is 9.72. The summed E-state index contributed by atoms with van der Waals surface area (Å²) in [5.74, 6) is 0.943. The van der Waals surface area contributed by atoms with Crippen LogP contribution in [0.25, 0.3) is 0 Å². The third kappa shape index (κ3) is 5.41. The molecule has 0 bridgehead atoms. The molecule has 0 aliphatic heterocycles. The summed E-state index contributed by atoms with van der Waals surface area (Å²) in [7, 11) is 1.65. The van der Waals surface area contributed by atoms with Crippen molar-refractivity contribution in [3.8, 4) is 5.75 Å². The van der Waals surface area contributed by atoms with Gasteiger partial charge in [-0.2, -0.15) is 4.98 Å². The Morgan fingerprint density at radius 2 is 1.57 bits per heavy atom. The number of carbonyl (C=O) groups excluding carboxylic acids is 1. The van der Waals surface area contributed by atoms with Gasteiger partial charge in [-0.3, -0.25) is 4.57 Å². The molecule has 4 aromatic rings. The third-order valence-corrected chi connectivity index (χ3v) is 7.40. The normalized spacial score (nSPS) is 15.2. The third-order valence-electron chi connectivity index (χ3n) is 7.40. The summed E-state index contributed by atoms with van der Waals surface area (Å²) in [6.45, 7) is 2.14. The lowest BCUT2D eigenvalue weighted by molar-refractivity contribution is -0.138. The predicted octanol–water partition coefficient (Wildman–Crippen LogP) is 5.87. The van der Waals surface area contributed by atoms with Gasteiger partial charge >= 0.3 is 11.7 Å². The first-order chi connectivity index (χ1) is 19.5. The average molecular weight is 536 g/mol. The number of carbonyl (C=O) groups is 1. The van der Waals surface area contributed by atoms with Crippen LogP contribution in [0.15, 0.2) is 114 Å². The van der Waals surface area contributed by atoms with Crippen molar-refractivity contribution < 1.29 is 14.3 Å². The highest BCUT2D eigenvalue weighted by Crippen LogP contribution is 2.40. The van der Waals surface area contributed by atoms with E-state index in [1.807, 2.05) is 72.8 Å². The van der Waals surface area contributed by atoms with Crippen molar-refractivity contribution in [3.05, 3.63) is 136 Å². The van der Waals surface area contributed by atoms with Gasteiger partial charge in [0.25, 0.3) is 0 Å². The molecular formula is C33H33N3O4. The number of benzene rings is 3. The Labute approximate surface area is 234 Å². The molecule has 0 fully saturated rings. The Kier molecular flexibility index (Phi) is 8.10. The van der Waals surface area contributed by atoms with Crippen LogP contribution in [0.3, 0.4) is 0 Å². The van der Waals surface area contributed by atoms with E-state index in [0.717, 1.165) is 22.4 Å². The monoisotopic (exact) mass is 535 g/mol.